The average Bonchev–Trinajstić information content (AvgIpc) is 2.38. The lowest BCUT2D eigenvalue weighted by atomic mass is 9.81. The molecule has 1 N–H and O–H groups in total. The first-order valence-electron chi connectivity index (χ1n) is 7.22. The van der Waals surface area contributed by atoms with Gasteiger partial charge in [0.15, 0.2) is 0 Å². The third-order valence-electron chi connectivity index (χ3n) is 3.99. The topological polar surface area (TPSA) is 24.9 Å². The van der Waals surface area contributed by atoms with Crippen molar-refractivity contribution in [3.05, 3.63) is 23.9 Å². The van der Waals surface area contributed by atoms with Crippen molar-refractivity contribution >= 4 is 5.82 Å². The average molecular weight is 286 g/mol. The molecule has 0 bridgehead atoms. The van der Waals surface area contributed by atoms with E-state index in [-0.39, 0.29) is 0 Å². The fourth-order valence-electron chi connectivity index (χ4n) is 2.93. The van der Waals surface area contributed by atoms with Crippen LogP contribution in [0.3, 0.4) is 0 Å². The third kappa shape index (κ3) is 4.39. The predicted molar refractivity (Wildman–Crippen MR) is 73.5 cm³/mol. The normalized spacial score (nSPS) is 23.6. The Hall–Kier alpha value is -1.26. The van der Waals surface area contributed by atoms with Crippen LogP contribution in [0.25, 0.3) is 0 Å². The molecular weight excluding hydrogens is 265 g/mol. The Balaban J connectivity index is 1.82. The molecule has 1 aromatic rings. The Labute approximate surface area is 117 Å². The van der Waals surface area contributed by atoms with E-state index in [1.54, 1.807) is 0 Å². The number of nitrogens with zero attached hydrogens (tertiary/aromatic N) is 1. The number of aromatic nitrogens is 1. The molecule has 112 valence electrons. The second kappa shape index (κ2) is 6.46. The van der Waals surface area contributed by atoms with E-state index < -0.39 is 11.7 Å². The van der Waals surface area contributed by atoms with Gasteiger partial charge >= 0.3 is 6.18 Å². The van der Waals surface area contributed by atoms with Gasteiger partial charge in [-0.2, -0.15) is 13.2 Å². The zero-order valence-corrected chi connectivity index (χ0v) is 11.7. The van der Waals surface area contributed by atoms with Crippen molar-refractivity contribution in [1.82, 2.24) is 4.98 Å². The molecule has 2 rings (SSSR count). The van der Waals surface area contributed by atoms with Crippen LogP contribution in [0.15, 0.2) is 18.3 Å². The van der Waals surface area contributed by atoms with Gasteiger partial charge in [-0.25, -0.2) is 4.98 Å². The maximum Gasteiger partial charge on any atom is 0.416 e. The fourth-order valence-corrected chi connectivity index (χ4v) is 2.93. The van der Waals surface area contributed by atoms with Crippen LogP contribution in [-0.2, 0) is 6.18 Å². The molecule has 0 saturated heterocycles. The van der Waals surface area contributed by atoms with Crippen molar-refractivity contribution in [2.24, 2.45) is 11.8 Å². The third-order valence-corrected chi connectivity index (χ3v) is 3.99. The maximum atomic E-state index is 12.6. The molecule has 2 atom stereocenters. The van der Waals surface area contributed by atoms with Crippen LogP contribution in [0, 0.1) is 11.8 Å². The van der Waals surface area contributed by atoms with Crippen molar-refractivity contribution in [2.75, 3.05) is 11.9 Å². The van der Waals surface area contributed by atoms with Crippen molar-refractivity contribution in [2.45, 2.75) is 45.2 Å². The molecule has 0 aliphatic heterocycles. The smallest absolute Gasteiger partial charge is 0.370 e. The number of hydrogen-bond acceptors (Lipinski definition) is 2. The highest BCUT2D eigenvalue weighted by Gasteiger charge is 2.30. The Morgan fingerprint density at radius 3 is 2.85 bits per heavy atom. The van der Waals surface area contributed by atoms with E-state index >= 15 is 0 Å². The number of nitrogens with one attached hydrogen (secondary N) is 1. The molecule has 2 unspecified atom stereocenters. The molecule has 1 fully saturated rings. The first kappa shape index (κ1) is 15.1. The van der Waals surface area contributed by atoms with E-state index in [0.29, 0.717) is 18.3 Å². The minimum absolute atomic E-state index is 0.309. The van der Waals surface area contributed by atoms with Crippen LogP contribution >= 0.6 is 0 Å². The Kier molecular flexibility index (Phi) is 4.89. The first-order valence-corrected chi connectivity index (χ1v) is 7.22. The summed E-state index contributed by atoms with van der Waals surface area (Å²) in [5.41, 5.74) is -0.652. The van der Waals surface area contributed by atoms with E-state index in [9.17, 15) is 13.2 Å². The lowest BCUT2D eigenvalue weighted by Crippen LogP contribution is -2.17. The Bertz CT molecular complexity index is 431. The quantitative estimate of drug-likeness (QED) is 0.865. The minimum atomic E-state index is -4.31. The zero-order valence-electron chi connectivity index (χ0n) is 11.7. The highest BCUT2D eigenvalue weighted by molar-refractivity contribution is 5.38. The van der Waals surface area contributed by atoms with Crippen molar-refractivity contribution in [3.63, 3.8) is 0 Å². The maximum absolute atomic E-state index is 12.6. The Morgan fingerprint density at radius 1 is 1.35 bits per heavy atom. The van der Waals surface area contributed by atoms with E-state index in [2.05, 4.69) is 17.2 Å². The summed E-state index contributed by atoms with van der Waals surface area (Å²) in [6.07, 6.45) is 2.95. The molecule has 0 spiro atoms. The number of rotatable bonds is 4. The molecule has 0 aromatic carbocycles. The van der Waals surface area contributed by atoms with E-state index in [4.69, 9.17) is 0 Å². The SMILES string of the molecule is CC1CCCC(CCNc2cc(C(F)(F)F)ccn2)C1. The zero-order chi connectivity index (χ0) is 14.6. The number of halogens is 3. The molecule has 1 saturated carbocycles. The number of pyridine rings is 1. The highest BCUT2D eigenvalue weighted by atomic mass is 19.4. The van der Waals surface area contributed by atoms with Gasteiger partial charge in [-0.3, -0.25) is 0 Å². The van der Waals surface area contributed by atoms with Crippen molar-refractivity contribution in [1.29, 1.82) is 0 Å². The number of hydrogen-bond donors (Lipinski definition) is 1. The highest BCUT2D eigenvalue weighted by Crippen LogP contribution is 2.31. The fraction of sp³-hybridized carbons (Fsp3) is 0.667. The van der Waals surface area contributed by atoms with Gasteiger partial charge in [-0.15, -0.1) is 0 Å². The summed E-state index contributed by atoms with van der Waals surface area (Å²) >= 11 is 0. The van der Waals surface area contributed by atoms with Crippen molar-refractivity contribution in [3.8, 4) is 0 Å². The molecule has 1 aliphatic carbocycles. The summed E-state index contributed by atoms with van der Waals surface area (Å²) in [6.45, 7) is 2.96. The second-order valence-corrected chi connectivity index (χ2v) is 5.78. The standard InChI is InChI=1S/C15H21F3N2/c1-11-3-2-4-12(9-11)5-7-19-14-10-13(6-8-20-14)15(16,17)18/h6,8,10-12H,2-5,7,9H2,1H3,(H,19,20). The van der Waals surface area contributed by atoms with Gasteiger partial charge in [0, 0.05) is 12.7 Å². The van der Waals surface area contributed by atoms with E-state index in [1.807, 2.05) is 0 Å². The van der Waals surface area contributed by atoms with E-state index in [1.165, 1.54) is 31.9 Å². The van der Waals surface area contributed by atoms with Gasteiger partial charge < -0.3 is 5.32 Å². The molecule has 1 aromatic heterocycles. The van der Waals surface area contributed by atoms with Crippen LogP contribution in [0.1, 0.15) is 44.6 Å². The van der Waals surface area contributed by atoms with Crippen LogP contribution in [-0.4, -0.2) is 11.5 Å². The van der Waals surface area contributed by atoms with Gasteiger partial charge in [0.05, 0.1) is 5.56 Å². The monoisotopic (exact) mass is 286 g/mol. The van der Waals surface area contributed by atoms with Gasteiger partial charge in [0.1, 0.15) is 5.82 Å². The predicted octanol–water partition coefficient (Wildman–Crippen LogP) is 4.73. The molecule has 2 nitrogen and oxygen atoms in total. The van der Waals surface area contributed by atoms with Crippen LogP contribution in [0.2, 0.25) is 0 Å². The molecule has 0 amide bonds. The lowest BCUT2D eigenvalue weighted by molar-refractivity contribution is -0.137. The summed E-state index contributed by atoms with van der Waals surface area (Å²) < 4.78 is 37.7. The Morgan fingerprint density at radius 2 is 2.15 bits per heavy atom. The summed E-state index contributed by atoms with van der Waals surface area (Å²) in [5.74, 6) is 1.78. The summed E-state index contributed by atoms with van der Waals surface area (Å²) in [5, 5.41) is 3.01. The number of anilines is 1. The molecule has 1 aliphatic rings. The summed E-state index contributed by atoms with van der Waals surface area (Å²) in [6, 6.07) is 2.07. The molecule has 5 heteroatoms. The largest absolute Gasteiger partial charge is 0.416 e. The van der Waals surface area contributed by atoms with E-state index in [0.717, 1.165) is 24.5 Å². The number of alkyl halides is 3. The summed E-state index contributed by atoms with van der Waals surface area (Å²) in [7, 11) is 0. The van der Waals surface area contributed by atoms with Gasteiger partial charge in [-0.1, -0.05) is 26.2 Å². The molecule has 0 radical (unpaired) electrons. The molecule has 1 heterocycles. The van der Waals surface area contributed by atoms with Gasteiger partial charge in [0.2, 0.25) is 0 Å². The van der Waals surface area contributed by atoms with Crippen LogP contribution < -0.4 is 5.32 Å². The molecule has 20 heavy (non-hydrogen) atoms. The van der Waals surface area contributed by atoms with Gasteiger partial charge in [-0.05, 0) is 36.8 Å². The second-order valence-electron chi connectivity index (χ2n) is 5.78. The van der Waals surface area contributed by atoms with Crippen LogP contribution in [0.4, 0.5) is 19.0 Å². The van der Waals surface area contributed by atoms with Crippen LogP contribution in [0.5, 0.6) is 0 Å². The van der Waals surface area contributed by atoms with Crippen molar-refractivity contribution < 1.29 is 13.2 Å². The first-order chi connectivity index (χ1) is 9.45. The molecular formula is C15H21F3N2. The van der Waals surface area contributed by atoms with Gasteiger partial charge in [0.25, 0.3) is 0 Å². The lowest BCUT2D eigenvalue weighted by Gasteiger charge is -2.26. The minimum Gasteiger partial charge on any atom is -0.370 e. The summed E-state index contributed by atoms with van der Waals surface area (Å²) in [4.78, 5) is 3.94.